The highest BCUT2D eigenvalue weighted by molar-refractivity contribution is 5.74. The Morgan fingerprint density at radius 1 is 1.06 bits per heavy atom. The second kappa shape index (κ2) is 9.20. The van der Waals surface area contributed by atoms with Crippen LogP contribution >= 0.6 is 0 Å². The van der Waals surface area contributed by atoms with Crippen molar-refractivity contribution in [2.24, 2.45) is 0 Å². The van der Waals surface area contributed by atoms with Gasteiger partial charge in [-0.15, -0.1) is 0 Å². The van der Waals surface area contributed by atoms with Crippen molar-refractivity contribution < 1.29 is 4.79 Å². The second-order valence-electron chi connectivity index (χ2n) is 9.73. The lowest BCUT2D eigenvalue weighted by Gasteiger charge is -2.40. The molecule has 2 saturated heterocycles. The third-order valence-corrected chi connectivity index (χ3v) is 7.36. The standard InChI is InChI=1S/C26H35N5O/c1-19-7-10-23-21(17-19)9-8-20-5-3-11-27-24(20)25(23)30-13-15-31(16-14-30)26(32)28-22-6-4-12-29(2)18-22/h3,5,7,10-11,17,22,25H,4,6,8-9,12-16,18H2,1-2H3,(H,28,32). The molecule has 6 nitrogen and oxygen atoms in total. The van der Waals surface area contributed by atoms with E-state index in [0.717, 1.165) is 65.0 Å². The van der Waals surface area contributed by atoms with Gasteiger partial charge in [0.05, 0.1) is 11.7 Å². The van der Waals surface area contributed by atoms with Gasteiger partial charge in [-0.3, -0.25) is 9.88 Å². The highest BCUT2D eigenvalue weighted by Gasteiger charge is 2.33. The minimum Gasteiger partial charge on any atom is -0.334 e. The van der Waals surface area contributed by atoms with Gasteiger partial charge in [-0.1, -0.05) is 29.8 Å². The predicted molar refractivity (Wildman–Crippen MR) is 127 cm³/mol. The molecule has 6 heteroatoms. The Hall–Kier alpha value is -2.44. The smallest absolute Gasteiger partial charge is 0.317 e. The zero-order valence-electron chi connectivity index (χ0n) is 19.4. The summed E-state index contributed by atoms with van der Waals surface area (Å²) in [6.45, 7) is 7.50. The molecule has 2 fully saturated rings. The first-order valence-electron chi connectivity index (χ1n) is 12.1. The third-order valence-electron chi connectivity index (χ3n) is 7.36. The van der Waals surface area contributed by atoms with E-state index in [-0.39, 0.29) is 18.1 Å². The summed E-state index contributed by atoms with van der Waals surface area (Å²) < 4.78 is 0. The summed E-state index contributed by atoms with van der Waals surface area (Å²) in [6.07, 6.45) is 6.26. The topological polar surface area (TPSA) is 51.7 Å². The molecule has 32 heavy (non-hydrogen) atoms. The molecule has 2 aliphatic heterocycles. The SMILES string of the molecule is Cc1ccc2c(c1)CCc1cccnc1C2N1CCN(C(=O)NC2CCCN(C)C2)CC1. The minimum atomic E-state index is 0.0976. The first-order chi connectivity index (χ1) is 15.6. The fourth-order valence-corrected chi connectivity index (χ4v) is 5.65. The Labute approximate surface area is 191 Å². The largest absolute Gasteiger partial charge is 0.334 e. The summed E-state index contributed by atoms with van der Waals surface area (Å²) >= 11 is 0. The van der Waals surface area contributed by atoms with Crippen molar-refractivity contribution in [2.45, 2.75) is 44.7 Å². The molecule has 1 aromatic carbocycles. The van der Waals surface area contributed by atoms with Crippen LogP contribution in [0.5, 0.6) is 0 Å². The van der Waals surface area contributed by atoms with Crippen molar-refractivity contribution in [2.75, 3.05) is 46.3 Å². The number of amides is 2. The van der Waals surface area contributed by atoms with E-state index in [1.54, 1.807) is 0 Å². The lowest BCUT2D eigenvalue weighted by molar-refractivity contribution is 0.114. The maximum atomic E-state index is 12.9. The Bertz CT molecular complexity index is 968. The second-order valence-corrected chi connectivity index (χ2v) is 9.73. The third kappa shape index (κ3) is 4.39. The van der Waals surface area contributed by atoms with Crippen LogP contribution < -0.4 is 5.32 Å². The molecule has 5 rings (SSSR count). The first kappa shape index (κ1) is 21.4. The molecule has 0 saturated carbocycles. The molecule has 0 radical (unpaired) electrons. The van der Waals surface area contributed by atoms with Crippen LogP contribution in [0, 0.1) is 6.92 Å². The van der Waals surface area contributed by atoms with E-state index in [4.69, 9.17) is 4.98 Å². The van der Waals surface area contributed by atoms with Crippen LogP contribution in [-0.4, -0.2) is 78.1 Å². The van der Waals surface area contributed by atoms with Crippen LogP contribution in [0.15, 0.2) is 36.5 Å². The van der Waals surface area contributed by atoms with Crippen LogP contribution in [0.2, 0.25) is 0 Å². The number of likely N-dealkylation sites (N-methyl/N-ethyl adjacent to an activating group) is 1. The van der Waals surface area contributed by atoms with Crippen LogP contribution in [0.1, 0.15) is 46.8 Å². The molecule has 3 heterocycles. The zero-order valence-corrected chi connectivity index (χ0v) is 19.4. The number of fused-ring (bicyclic) bond motifs is 2. The maximum absolute atomic E-state index is 12.9. The van der Waals surface area contributed by atoms with Crippen molar-refractivity contribution >= 4 is 6.03 Å². The van der Waals surface area contributed by atoms with E-state index in [0.29, 0.717) is 0 Å². The van der Waals surface area contributed by atoms with Gasteiger partial charge in [0.2, 0.25) is 0 Å². The number of aryl methyl sites for hydroxylation is 3. The monoisotopic (exact) mass is 433 g/mol. The predicted octanol–water partition coefficient (Wildman–Crippen LogP) is 3.00. The normalized spacial score (nSPS) is 24.4. The number of likely N-dealkylation sites (tertiary alicyclic amines) is 1. The number of carbonyl (C=O) groups excluding carboxylic acids is 1. The molecule has 2 amide bonds. The quantitative estimate of drug-likeness (QED) is 0.791. The number of urea groups is 1. The van der Waals surface area contributed by atoms with Gasteiger partial charge in [0, 0.05) is 45.0 Å². The highest BCUT2D eigenvalue weighted by Crippen LogP contribution is 2.36. The summed E-state index contributed by atoms with van der Waals surface area (Å²) in [5.41, 5.74) is 6.69. The number of pyridine rings is 1. The van der Waals surface area contributed by atoms with E-state index in [2.05, 4.69) is 59.4 Å². The number of rotatable bonds is 2. The van der Waals surface area contributed by atoms with E-state index in [9.17, 15) is 4.79 Å². The average Bonchev–Trinajstić information content (AvgIpc) is 2.96. The van der Waals surface area contributed by atoms with Crippen molar-refractivity contribution in [3.8, 4) is 0 Å². The zero-order chi connectivity index (χ0) is 22.1. The molecule has 2 atom stereocenters. The van der Waals surface area contributed by atoms with Crippen molar-refractivity contribution in [3.63, 3.8) is 0 Å². The molecule has 1 N–H and O–H groups in total. The molecule has 1 aromatic heterocycles. The van der Waals surface area contributed by atoms with Crippen LogP contribution in [0.3, 0.4) is 0 Å². The number of benzene rings is 1. The van der Waals surface area contributed by atoms with E-state index < -0.39 is 0 Å². The van der Waals surface area contributed by atoms with Gasteiger partial charge in [0.25, 0.3) is 0 Å². The molecule has 2 unspecified atom stereocenters. The Morgan fingerprint density at radius 3 is 2.69 bits per heavy atom. The van der Waals surface area contributed by atoms with E-state index in [1.165, 1.54) is 27.9 Å². The first-order valence-corrected chi connectivity index (χ1v) is 12.1. The van der Waals surface area contributed by atoms with Gasteiger partial charge in [0.1, 0.15) is 0 Å². The molecule has 3 aliphatic rings. The van der Waals surface area contributed by atoms with Gasteiger partial charge in [-0.05, 0) is 69.0 Å². The fourth-order valence-electron chi connectivity index (χ4n) is 5.65. The number of hydrogen-bond acceptors (Lipinski definition) is 4. The van der Waals surface area contributed by atoms with Gasteiger partial charge in [0.15, 0.2) is 0 Å². The number of piperidine rings is 1. The summed E-state index contributed by atoms with van der Waals surface area (Å²) in [7, 11) is 2.13. The lowest BCUT2D eigenvalue weighted by atomic mass is 9.94. The summed E-state index contributed by atoms with van der Waals surface area (Å²) in [5, 5.41) is 3.28. The summed E-state index contributed by atoms with van der Waals surface area (Å²) in [6, 6.07) is 11.7. The van der Waals surface area contributed by atoms with Crippen LogP contribution in [0.4, 0.5) is 4.79 Å². The van der Waals surface area contributed by atoms with Crippen LogP contribution in [-0.2, 0) is 12.8 Å². The van der Waals surface area contributed by atoms with Crippen molar-refractivity contribution in [3.05, 3.63) is 64.5 Å². The van der Waals surface area contributed by atoms with Gasteiger partial charge in [-0.25, -0.2) is 4.79 Å². The van der Waals surface area contributed by atoms with E-state index in [1.807, 2.05) is 11.1 Å². The lowest BCUT2D eigenvalue weighted by Crippen LogP contribution is -2.56. The Morgan fingerprint density at radius 2 is 1.88 bits per heavy atom. The molecule has 170 valence electrons. The maximum Gasteiger partial charge on any atom is 0.317 e. The molecular weight excluding hydrogens is 398 g/mol. The molecular formula is C26H35N5O. The number of carbonyl (C=O) groups is 1. The van der Waals surface area contributed by atoms with Crippen LogP contribution in [0.25, 0.3) is 0 Å². The number of nitrogens with zero attached hydrogens (tertiary/aromatic N) is 4. The number of piperazine rings is 1. The summed E-state index contributed by atoms with van der Waals surface area (Å²) in [5.74, 6) is 0. The van der Waals surface area contributed by atoms with Crippen molar-refractivity contribution in [1.82, 2.24) is 25.0 Å². The number of aromatic nitrogens is 1. The van der Waals surface area contributed by atoms with Gasteiger partial charge < -0.3 is 15.1 Å². The molecule has 0 bridgehead atoms. The molecule has 2 aromatic rings. The summed E-state index contributed by atoms with van der Waals surface area (Å²) in [4.78, 5) is 24.6. The molecule has 1 aliphatic carbocycles. The van der Waals surface area contributed by atoms with Gasteiger partial charge >= 0.3 is 6.03 Å². The Kier molecular flexibility index (Phi) is 6.15. The highest BCUT2D eigenvalue weighted by atomic mass is 16.2. The van der Waals surface area contributed by atoms with E-state index >= 15 is 0 Å². The Balaban J connectivity index is 1.31. The average molecular weight is 434 g/mol. The van der Waals surface area contributed by atoms with Gasteiger partial charge in [-0.2, -0.15) is 0 Å². The molecule has 0 spiro atoms. The van der Waals surface area contributed by atoms with Crippen molar-refractivity contribution in [1.29, 1.82) is 0 Å². The minimum absolute atomic E-state index is 0.0976. The fraction of sp³-hybridized carbons (Fsp3) is 0.538. The number of hydrogen-bond donors (Lipinski definition) is 1. The number of nitrogens with one attached hydrogen (secondary N) is 1.